The Balaban J connectivity index is 1.32. The number of benzene rings is 2. The molecule has 1 aromatic heterocycles. The van der Waals surface area contributed by atoms with Crippen LogP contribution in [0.1, 0.15) is 38.7 Å². The summed E-state index contributed by atoms with van der Waals surface area (Å²) < 4.78 is 0. The van der Waals surface area contributed by atoms with Gasteiger partial charge in [0.05, 0.1) is 12.1 Å². The lowest BCUT2D eigenvalue weighted by molar-refractivity contribution is -0.115. The minimum Gasteiger partial charge on any atom is -0.355 e. The van der Waals surface area contributed by atoms with Crippen molar-refractivity contribution in [3.05, 3.63) is 66.2 Å². The van der Waals surface area contributed by atoms with Crippen molar-refractivity contribution in [3.63, 3.8) is 0 Å². The molecule has 2 heterocycles. The highest BCUT2D eigenvalue weighted by Gasteiger charge is 2.13. The van der Waals surface area contributed by atoms with Gasteiger partial charge in [-0.3, -0.25) is 4.79 Å². The number of carbonyl (C=O) groups excluding carboxylic acids is 1. The van der Waals surface area contributed by atoms with Crippen molar-refractivity contribution in [2.75, 3.05) is 23.3 Å². The molecule has 1 fully saturated rings. The summed E-state index contributed by atoms with van der Waals surface area (Å²) in [7, 11) is 0. The molecule has 0 bridgehead atoms. The first-order chi connectivity index (χ1) is 15.6. The molecule has 32 heavy (non-hydrogen) atoms. The molecule has 1 aliphatic rings. The van der Waals surface area contributed by atoms with E-state index in [0.29, 0.717) is 11.7 Å². The molecule has 1 aliphatic heterocycles. The van der Waals surface area contributed by atoms with E-state index < -0.39 is 0 Å². The first-order valence-electron chi connectivity index (χ1n) is 11.3. The lowest BCUT2D eigenvalue weighted by atomic mass is 10.1. The van der Waals surface area contributed by atoms with Gasteiger partial charge in [0.1, 0.15) is 0 Å². The van der Waals surface area contributed by atoms with Crippen LogP contribution in [0.2, 0.25) is 0 Å². The van der Waals surface area contributed by atoms with Crippen molar-refractivity contribution in [1.29, 1.82) is 0 Å². The van der Waals surface area contributed by atoms with Gasteiger partial charge in [0, 0.05) is 34.5 Å². The maximum Gasteiger partial charge on any atom is 0.228 e. The van der Waals surface area contributed by atoms with Crippen LogP contribution in [0.15, 0.2) is 65.6 Å². The fourth-order valence-electron chi connectivity index (χ4n) is 3.84. The van der Waals surface area contributed by atoms with E-state index in [4.69, 9.17) is 0 Å². The molecule has 2 aromatic carbocycles. The van der Waals surface area contributed by atoms with Gasteiger partial charge in [0.25, 0.3) is 0 Å². The molecule has 5 nitrogen and oxygen atoms in total. The van der Waals surface area contributed by atoms with Crippen LogP contribution in [0, 0.1) is 0 Å². The standard InChI is InChI=1S/C26H30N4OS/c1-19(2)32-23-12-6-20(7-13-23)18-26(31)27-22-10-8-21(9-11-22)24-14-15-25(29-28-24)30-16-4-3-5-17-30/h6-15,19H,3-5,16-18H2,1-2H3,(H,27,31). The summed E-state index contributed by atoms with van der Waals surface area (Å²) in [5.74, 6) is 0.931. The highest BCUT2D eigenvalue weighted by Crippen LogP contribution is 2.24. The van der Waals surface area contributed by atoms with Gasteiger partial charge in [0.2, 0.25) is 5.91 Å². The van der Waals surface area contributed by atoms with Gasteiger partial charge < -0.3 is 10.2 Å². The Labute approximate surface area is 194 Å². The highest BCUT2D eigenvalue weighted by molar-refractivity contribution is 7.99. The fraction of sp³-hybridized carbons (Fsp3) is 0.346. The number of aromatic nitrogens is 2. The summed E-state index contributed by atoms with van der Waals surface area (Å²) in [4.78, 5) is 16.0. The van der Waals surface area contributed by atoms with Gasteiger partial charge in [-0.15, -0.1) is 22.0 Å². The lowest BCUT2D eigenvalue weighted by Crippen LogP contribution is -2.30. The average molecular weight is 447 g/mol. The van der Waals surface area contributed by atoms with Gasteiger partial charge >= 0.3 is 0 Å². The quantitative estimate of drug-likeness (QED) is 0.464. The summed E-state index contributed by atoms with van der Waals surface area (Å²) >= 11 is 1.82. The van der Waals surface area contributed by atoms with Crippen LogP contribution in [-0.4, -0.2) is 34.4 Å². The smallest absolute Gasteiger partial charge is 0.228 e. The molecule has 0 unspecified atom stereocenters. The third-order valence-corrected chi connectivity index (χ3v) is 6.47. The molecule has 0 aliphatic carbocycles. The summed E-state index contributed by atoms with van der Waals surface area (Å²) in [5.41, 5.74) is 3.61. The number of anilines is 2. The van der Waals surface area contributed by atoms with Crippen LogP contribution >= 0.6 is 11.8 Å². The Bertz CT molecular complexity index is 1010. The van der Waals surface area contributed by atoms with Gasteiger partial charge in [-0.25, -0.2) is 0 Å². The Morgan fingerprint density at radius 3 is 2.28 bits per heavy atom. The minimum atomic E-state index is -0.0207. The first-order valence-corrected chi connectivity index (χ1v) is 12.2. The van der Waals surface area contributed by atoms with Crippen molar-refractivity contribution < 1.29 is 4.79 Å². The molecule has 3 aromatic rings. The molecule has 166 valence electrons. The number of hydrogen-bond donors (Lipinski definition) is 1. The van der Waals surface area contributed by atoms with Gasteiger partial charge in [-0.1, -0.05) is 38.1 Å². The van der Waals surface area contributed by atoms with Crippen LogP contribution in [0.4, 0.5) is 11.5 Å². The normalized spacial score (nSPS) is 13.9. The second kappa shape index (κ2) is 10.6. The van der Waals surface area contributed by atoms with Gasteiger partial charge in [0.15, 0.2) is 5.82 Å². The predicted molar refractivity (Wildman–Crippen MR) is 133 cm³/mol. The van der Waals surface area contributed by atoms with E-state index in [-0.39, 0.29) is 5.91 Å². The monoisotopic (exact) mass is 446 g/mol. The van der Waals surface area contributed by atoms with Crippen LogP contribution < -0.4 is 10.2 Å². The maximum absolute atomic E-state index is 12.4. The SMILES string of the molecule is CC(C)Sc1ccc(CC(=O)Nc2ccc(-c3ccc(N4CCCCC4)nn3)cc2)cc1. The van der Waals surface area contributed by atoms with E-state index in [9.17, 15) is 4.79 Å². The number of thioether (sulfide) groups is 1. The maximum atomic E-state index is 12.4. The van der Waals surface area contributed by atoms with Crippen molar-refractivity contribution in [2.24, 2.45) is 0 Å². The molecule has 4 rings (SSSR count). The Morgan fingerprint density at radius 1 is 0.938 bits per heavy atom. The van der Waals surface area contributed by atoms with Crippen molar-refractivity contribution in [1.82, 2.24) is 10.2 Å². The van der Waals surface area contributed by atoms with Crippen LogP contribution in [0.5, 0.6) is 0 Å². The summed E-state index contributed by atoms with van der Waals surface area (Å²) in [6, 6.07) is 20.1. The summed E-state index contributed by atoms with van der Waals surface area (Å²) in [6.07, 6.45) is 4.10. The third kappa shape index (κ3) is 6.10. The minimum absolute atomic E-state index is 0.0207. The Morgan fingerprint density at radius 2 is 1.66 bits per heavy atom. The number of nitrogens with one attached hydrogen (secondary N) is 1. The number of hydrogen-bond acceptors (Lipinski definition) is 5. The van der Waals surface area contributed by atoms with Crippen molar-refractivity contribution >= 4 is 29.2 Å². The van der Waals surface area contributed by atoms with E-state index in [0.717, 1.165) is 41.4 Å². The Hall–Kier alpha value is -2.86. The number of carbonyl (C=O) groups is 1. The van der Waals surface area contributed by atoms with E-state index in [1.165, 1.54) is 24.2 Å². The summed E-state index contributed by atoms with van der Waals surface area (Å²) in [5, 5.41) is 12.4. The van der Waals surface area contributed by atoms with Crippen molar-refractivity contribution in [3.8, 4) is 11.3 Å². The molecule has 1 amide bonds. The first kappa shape index (κ1) is 22.3. The molecule has 0 saturated carbocycles. The second-order valence-electron chi connectivity index (χ2n) is 8.44. The number of piperidine rings is 1. The number of rotatable bonds is 7. The molecule has 0 spiro atoms. The third-order valence-electron chi connectivity index (χ3n) is 5.45. The molecular formula is C26H30N4OS. The largest absolute Gasteiger partial charge is 0.355 e. The van der Waals surface area contributed by atoms with Crippen LogP contribution in [0.25, 0.3) is 11.3 Å². The number of amides is 1. The molecule has 6 heteroatoms. The second-order valence-corrected chi connectivity index (χ2v) is 10.1. The molecule has 1 N–H and O–H groups in total. The van der Waals surface area contributed by atoms with Crippen molar-refractivity contribution in [2.45, 2.75) is 49.7 Å². The highest BCUT2D eigenvalue weighted by atomic mass is 32.2. The fourth-order valence-corrected chi connectivity index (χ4v) is 4.68. The van der Waals surface area contributed by atoms with Crippen LogP contribution in [-0.2, 0) is 11.2 Å². The van der Waals surface area contributed by atoms with Gasteiger partial charge in [-0.2, -0.15) is 0 Å². The van der Waals surface area contributed by atoms with E-state index in [1.807, 2.05) is 60.3 Å². The topological polar surface area (TPSA) is 58.1 Å². The molecule has 0 atom stereocenters. The van der Waals surface area contributed by atoms with E-state index in [2.05, 4.69) is 46.4 Å². The summed E-state index contributed by atoms with van der Waals surface area (Å²) in [6.45, 7) is 6.47. The van der Waals surface area contributed by atoms with Gasteiger partial charge in [-0.05, 0) is 61.2 Å². The van der Waals surface area contributed by atoms with Crippen LogP contribution in [0.3, 0.4) is 0 Å². The van der Waals surface area contributed by atoms with E-state index in [1.54, 1.807) is 0 Å². The average Bonchev–Trinajstić information content (AvgIpc) is 2.81. The predicted octanol–water partition coefficient (Wildman–Crippen LogP) is 5.82. The molecule has 0 radical (unpaired) electrons. The van der Waals surface area contributed by atoms with E-state index >= 15 is 0 Å². The number of nitrogens with zero attached hydrogens (tertiary/aromatic N) is 3. The lowest BCUT2D eigenvalue weighted by Gasteiger charge is -2.27. The zero-order chi connectivity index (χ0) is 22.3. The molecular weight excluding hydrogens is 416 g/mol. The Kier molecular flexibility index (Phi) is 7.43. The molecule has 1 saturated heterocycles. The zero-order valence-electron chi connectivity index (χ0n) is 18.8. The zero-order valence-corrected chi connectivity index (χ0v) is 19.6.